The fourth-order valence-corrected chi connectivity index (χ4v) is 1.08. The minimum absolute atomic E-state index is 0.105. The second-order valence-corrected chi connectivity index (χ2v) is 3.15. The number of hydrogen-bond donors (Lipinski definition) is 0. The van der Waals surface area contributed by atoms with Gasteiger partial charge in [-0.1, -0.05) is 0 Å². The van der Waals surface area contributed by atoms with Gasteiger partial charge in [0.15, 0.2) is 0 Å². The quantitative estimate of drug-likeness (QED) is 0.761. The Morgan fingerprint density at radius 1 is 1.83 bits per heavy atom. The van der Waals surface area contributed by atoms with Crippen molar-refractivity contribution in [1.82, 2.24) is 0 Å². The molecule has 0 spiro atoms. The molecule has 66 valence electrons. The Hall–Kier alpha value is -0.480. The van der Waals surface area contributed by atoms with Gasteiger partial charge >= 0.3 is 5.97 Å². The van der Waals surface area contributed by atoms with Gasteiger partial charge in [0, 0.05) is 6.07 Å². The van der Waals surface area contributed by atoms with Crippen LogP contribution in [-0.4, -0.2) is 12.6 Å². The summed E-state index contributed by atoms with van der Waals surface area (Å²) in [4.78, 5) is 11.0. The third-order valence-corrected chi connectivity index (χ3v) is 2.22. The third-order valence-electron chi connectivity index (χ3n) is 1.12. The Labute approximate surface area is 82.8 Å². The average Bonchev–Trinajstić information content (AvgIpc) is 2.33. The second-order valence-electron chi connectivity index (χ2n) is 1.95. The number of carbonyl (C=O) groups excluding carboxylic acids is 1. The highest BCUT2D eigenvalue weighted by molar-refractivity contribution is 9.10. The Morgan fingerprint density at radius 3 is 2.92 bits per heavy atom. The number of rotatable bonds is 2. The molecule has 0 fully saturated rings. The SMILES string of the molecule is CCOC(=O)c1cc(Br)c(Cl)o1. The molecule has 0 aromatic carbocycles. The van der Waals surface area contributed by atoms with Crippen LogP contribution in [0.2, 0.25) is 5.22 Å². The van der Waals surface area contributed by atoms with Crippen LogP contribution in [0.5, 0.6) is 0 Å². The molecule has 0 amide bonds. The molecule has 0 atom stereocenters. The van der Waals surface area contributed by atoms with E-state index in [-0.39, 0.29) is 11.0 Å². The maximum atomic E-state index is 11.0. The lowest BCUT2D eigenvalue weighted by atomic mass is 10.5. The molecule has 1 aromatic heterocycles. The molecule has 0 radical (unpaired) electrons. The van der Waals surface area contributed by atoms with Crippen LogP contribution in [0.4, 0.5) is 0 Å². The molecular weight excluding hydrogens is 247 g/mol. The van der Waals surface area contributed by atoms with E-state index in [1.807, 2.05) is 0 Å². The number of hydrogen-bond acceptors (Lipinski definition) is 3. The molecule has 1 heterocycles. The van der Waals surface area contributed by atoms with Crippen molar-refractivity contribution < 1.29 is 13.9 Å². The van der Waals surface area contributed by atoms with Gasteiger partial charge in [-0.3, -0.25) is 0 Å². The summed E-state index contributed by atoms with van der Waals surface area (Å²) >= 11 is 8.65. The number of halogens is 2. The molecule has 0 aliphatic carbocycles. The summed E-state index contributed by atoms with van der Waals surface area (Å²) in [5, 5.41) is 0.151. The summed E-state index contributed by atoms with van der Waals surface area (Å²) in [5.41, 5.74) is 0. The maximum absolute atomic E-state index is 11.0. The van der Waals surface area contributed by atoms with Gasteiger partial charge in [0.05, 0.1) is 11.1 Å². The van der Waals surface area contributed by atoms with Crippen molar-refractivity contribution in [2.75, 3.05) is 6.61 Å². The Morgan fingerprint density at radius 2 is 2.50 bits per heavy atom. The number of carbonyl (C=O) groups is 1. The van der Waals surface area contributed by atoms with E-state index in [4.69, 9.17) is 16.0 Å². The van der Waals surface area contributed by atoms with Crippen LogP contribution >= 0.6 is 27.5 Å². The van der Waals surface area contributed by atoms with Crippen LogP contribution in [0, 0.1) is 0 Å². The number of esters is 1. The van der Waals surface area contributed by atoms with E-state index in [1.54, 1.807) is 6.92 Å². The Kier molecular flexibility index (Phi) is 3.17. The van der Waals surface area contributed by atoms with Gasteiger partial charge in [-0.25, -0.2) is 4.79 Å². The molecule has 5 heteroatoms. The number of furan rings is 1. The van der Waals surface area contributed by atoms with Crippen molar-refractivity contribution in [1.29, 1.82) is 0 Å². The van der Waals surface area contributed by atoms with E-state index in [1.165, 1.54) is 6.07 Å². The maximum Gasteiger partial charge on any atom is 0.374 e. The molecular formula is C7H6BrClO3. The summed E-state index contributed by atoms with van der Waals surface area (Å²) in [6.07, 6.45) is 0. The van der Waals surface area contributed by atoms with Crippen LogP contribution in [0.25, 0.3) is 0 Å². The molecule has 0 saturated carbocycles. The molecule has 0 unspecified atom stereocenters. The molecule has 3 nitrogen and oxygen atoms in total. The van der Waals surface area contributed by atoms with E-state index in [2.05, 4.69) is 20.7 Å². The fraction of sp³-hybridized carbons (Fsp3) is 0.286. The monoisotopic (exact) mass is 252 g/mol. The molecule has 1 aromatic rings. The molecule has 0 saturated heterocycles. The van der Waals surface area contributed by atoms with Crippen LogP contribution in [0.1, 0.15) is 17.5 Å². The van der Waals surface area contributed by atoms with E-state index in [0.717, 1.165) is 0 Å². The van der Waals surface area contributed by atoms with E-state index >= 15 is 0 Å². The van der Waals surface area contributed by atoms with E-state index < -0.39 is 5.97 Å². The highest BCUT2D eigenvalue weighted by Crippen LogP contribution is 2.26. The first-order chi connectivity index (χ1) is 5.65. The van der Waals surface area contributed by atoms with Gasteiger partial charge in [0.2, 0.25) is 11.0 Å². The minimum Gasteiger partial charge on any atom is -0.460 e. The normalized spacial score (nSPS) is 9.92. The van der Waals surface area contributed by atoms with E-state index in [9.17, 15) is 4.79 Å². The number of ether oxygens (including phenoxy) is 1. The Bertz CT molecular complexity index is 275. The smallest absolute Gasteiger partial charge is 0.374 e. The van der Waals surface area contributed by atoms with Crippen molar-refractivity contribution in [3.05, 3.63) is 21.5 Å². The zero-order chi connectivity index (χ0) is 9.14. The molecule has 12 heavy (non-hydrogen) atoms. The average molecular weight is 253 g/mol. The van der Waals surface area contributed by atoms with Crippen molar-refractivity contribution >= 4 is 33.5 Å². The van der Waals surface area contributed by atoms with Gasteiger partial charge < -0.3 is 9.15 Å². The first-order valence-electron chi connectivity index (χ1n) is 3.27. The van der Waals surface area contributed by atoms with Crippen LogP contribution < -0.4 is 0 Å². The lowest BCUT2D eigenvalue weighted by molar-refractivity contribution is 0.0490. The topological polar surface area (TPSA) is 39.4 Å². The standard InChI is InChI=1S/C7H6BrClO3/c1-2-11-7(10)5-3-4(8)6(9)12-5/h3H,2H2,1H3. The van der Waals surface area contributed by atoms with Gasteiger partial charge in [0.25, 0.3) is 0 Å². The predicted molar refractivity (Wildman–Crippen MR) is 47.4 cm³/mol. The predicted octanol–water partition coefficient (Wildman–Crippen LogP) is 2.87. The third kappa shape index (κ3) is 2.01. The highest BCUT2D eigenvalue weighted by atomic mass is 79.9. The largest absolute Gasteiger partial charge is 0.460 e. The zero-order valence-corrected chi connectivity index (χ0v) is 8.61. The van der Waals surface area contributed by atoms with Crippen LogP contribution in [0.15, 0.2) is 15.0 Å². The molecule has 0 aliphatic heterocycles. The first kappa shape index (κ1) is 9.61. The lowest BCUT2D eigenvalue weighted by Crippen LogP contribution is -2.02. The summed E-state index contributed by atoms with van der Waals surface area (Å²) in [5.74, 6) is -0.404. The van der Waals surface area contributed by atoms with Gasteiger partial charge in [0.1, 0.15) is 0 Å². The van der Waals surface area contributed by atoms with Crippen LogP contribution in [0.3, 0.4) is 0 Å². The summed E-state index contributed by atoms with van der Waals surface area (Å²) in [7, 11) is 0. The second kappa shape index (κ2) is 3.96. The van der Waals surface area contributed by atoms with Crippen molar-refractivity contribution in [3.63, 3.8) is 0 Å². The van der Waals surface area contributed by atoms with Gasteiger partial charge in [-0.2, -0.15) is 0 Å². The molecule has 0 N–H and O–H groups in total. The first-order valence-corrected chi connectivity index (χ1v) is 4.44. The molecule has 0 aliphatic rings. The van der Waals surface area contributed by atoms with Gasteiger partial charge in [-0.15, -0.1) is 0 Å². The van der Waals surface area contributed by atoms with Crippen LogP contribution in [-0.2, 0) is 4.74 Å². The summed E-state index contributed by atoms with van der Waals surface area (Å²) < 4.78 is 10.1. The van der Waals surface area contributed by atoms with Crippen molar-refractivity contribution in [2.24, 2.45) is 0 Å². The Balaban J connectivity index is 2.82. The van der Waals surface area contributed by atoms with Crippen molar-refractivity contribution in [2.45, 2.75) is 6.92 Å². The summed E-state index contributed by atoms with van der Waals surface area (Å²) in [6, 6.07) is 1.47. The zero-order valence-electron chi connectivity index (χ0n) is 6.27. The summed E-state index contributed by atoms with van der Waals surface area (Å²) in [6.45, 7) is 2.03. The van der Waals surface area contributed by atoms with E-state index in [0.29, 0.717) is 11.1 Å². The highest BCUT2D eigenvalue weighted by Gasteiger charge is 2.14. The molecule has 1 rings (SSSR count). The molecule has 0 bridgehead atoms. The minimum atomic E-state index is -0.509. The van der Waals surface area contributed by atoms with Crippen molar-refractivity contribution in [3.8, 4) is 0 Å². The lowest BCUT2D eigenvalue weighted by Gasteiger charge is -1.95. The fourth-order valence-electron chi connectivity index (χ4n) is 0.649. The van der Waals surface area contributed by atoms with Gasteiger partial charge in [-0.05, 0) is 34.5 Å².